The van der Waals surface area contributed by atoms with Crippen LogP contribution in [0.3, 0.4) is 0 Å². The molecule has 1 aromatic heterocycles. The number of thiazole rings is 1. The van der Waals surface area contributed by atoms with Crippen LogP contribution >= 0.6 is 11.3 Å². The second-order valence-electron chi connectivity index (χ2n) is 10.7. The van der Waals surface area contributed by atoms with E-state index in [0.717, 1.165) is 16.7 Å². The standard InChI is InChI=1S/C36H30N4O6S/c1-3-45-29-18-14-26(15-19-29)33-32(34(41)38-27-9-5-4-6-10-27)23(2)37-36-39(33)35(42)31(47-36)21-25-8-7-11-30(20-25)46-22-24-12-16-28(17-13-24)40(43)44/h4-21,33H,3,22H2,1-2H3,(H,38,41)/b31-21-/t33-/m0/s1. The topological polar surface area (TPSA) is 125 Å². The largest absolute Gasteiger partial charge is 0.494 e. The molecule has 0 fully saturated rings. The molecule has 47 heavy (non-hydrogen) atoms. The molecule has 0 radical (unpaired) electrons. The highest BCUT2D eigenvalue weighted by molar-refractivity contribution is 7.07. The van der Waals surface area contributed by atoms with E-state index in [1.807, 2.05) is 67.6 Å². The Morgan fingerprint density at radius 1 is 0.979 bits per heavy atom. The molecule has 1 amide bonds. The van der Waals surface area contributed by atoms with Crippen molar-refractivity contribution >= 4 is 34.7 Å². The minimum atomic E-state index is -0.718. The number of aromatic nitrogens is 1. The van der Waals surface area contributed by atoms with Gasteiger partial charge in [-0.1, -0.05) is 53.8 Å². The van der Waals surface area contributed by atoms with Gasteiger partial charge in [0.05, 0.1) is 33.4 Å². The highest BCUT2D eigenvalue weighted by atomic mass is 32.1. The fourth-order valence-electron chi connectivity index (χ4n) is 5.29. The van der Waals surface area contributed by atoms with Gasteiger partial charge in [0.25, 0.3) is 17.2 Å². The molecule has 4 aromatic carbocycles. The number of ether oxygens (including phenoxy) is 2. The lowest BCUT2D eigenvalue weighted by Gasteiger charge is -2.25. The van der Waals surface area contributed by atoms with Crippen LogP contribution in [0, 0.1) is 10.1 Å². The molecule has 2 heterocycles. The molecule has 1 atom stereocenters. The number of nitrogens with zero attached hydrogens (tertiary/aromatic N) is 3. The zero-order valence-corrected chi connectivity index (χ0v) is 26.4. The summed E-state index contributed by atoms with van der Waals surface area (Å²) in [6.07, 6.45) is 1.78. The highest BCUT2D eigenvalue weighted by Crippen LogP contribution is 2.32. The van der Waals surface area contributed by atoms with Crippen LogP contribution in [0.4, 0.5) is 11.4 Å². The Hall–Kier alpha value is -5.81. The van der Waals surface area contributed by atoms with E-state index in [0.29, 0.717) is 44.4 Å². The fourth-order valence-corrected chi connectivity index (χ4v) is 6.33. The molecule has 0 unspecified atom stereocenters. The highest BCUT2D eigenvalue weighted by Gasteiger charge is 2.32. The molecule has 11 heteroatoms. The van der Waals surface area contributed by atoms with E-state index in [9.17, 15) is 19.7 Å². The van der Waals surface area contributed by atoms with E-state index in [1.54, 1.807) is 47.9 Å². The third kappa shape index (κ3) is 6.90. The summed E-state index contributed by atoms with van der Waals surface area (Å²) in [5, 5.41) is 13.9. The number of nitro groups is 1. The average molecular weight is 647 g/mol. The summed E-state index contributed by atoms with van der Waals surface area (Å²) in [5.74, 6) is 0.923. The average Bonchev–Trinajstić information content (AvgIpc) is 3.38. The third-order valence-electron chi connectivity index (χ3n) is 7.51. The van der Waals surface area contributed by atoms with E-state index in [2.05, 4.69) is 5.32 Å². The van der Waals surface area contributed by atoms with Gasteiger partial charge in [0.15, 0.2) is 4.80 Å². The summed E-state index contributed by atoms with van der Waals surface area (Å²) >= 11 is 1.25. The molecule has 0 saturated carbocycles. The minimum Gasteiger partial charge on any atom is -0.494 e. The van der Waals surface area contributed by atoms with Crippen molar-refractivity contribution < 1.29 is 19.2 Å². The van der Waals surface area contributed by atoms with E-state index in [4.69, 9.17) is 14.5 Å². The lowest BCUT2D eigenvalue weighted by Crippen LogP contribution is -2.40. The fraction of sp³-hybridized carbons (Fsp3) is 0.139. The van der Waals surface area contributed by atoms with Crippen LogP contribution in [0.1, 0.15) is 36.6 Å². The number of benzene rings is 4. The second kappa shape index (κ2) is 13.7. The summed E-state index contributed by atoms with van der Waals surface area (Å²) in [6, 6.07) is 29.3. The first-order valence-electron chi connectivity index (χ1n) is 14.9. The Morgan fingerprint density at radius 2 is 1.72 bits per heavy atom. The number of carbonyl (C=O) groups is 1. The number of anilines is 1. The summed E-state index contributed by atoms with van der Waals surface area (Å²) in [4.78, 5) is 43.6. The predicted molar refractivity (Wildman–Crippen MR) is 180 cm³/mol. The van der Waals surface area contributed by atoms with Crippen LogP contribution in [-0.2, 0) is 11.4 Å². The van der Waals surface area contributed by atoms with Gasteiger partial charge in [-0.15, -0.1) is 0 Å². The number of nitro benzene ring substituents is 1. The second-order valence-corrected chi connectivity index (χ2v) is 11.7. The number of amides is 1. The first-order valence-corrected chi connectivity index (χ1v) is 15.7. The Balaban J connectivity index is 1.35. The van der Waals surface area contributed by atoms with Crippen molar-refractivity contribution in [2.45, 2.75) is 26.5 Å². The van der Waals surface area contributed by atoms with Crippen LogP contribution in [-0.4, -0.2) is 22.0 Å². The van der Waals surface area contributed by atoms with Crippen molar-refractivity contribution in [3.8, 4) is 11.5 Å². The Labute approximate surface area is 273 Å². The van der Waals surface area contributed by atoms with Gasteiger partial charge in [0.2, 0.25) is 0 Å². The molecule has 0 saturated heterocycles. The molecule has 1 N–H and O–H groups in total. The number of allylic oxidation sites excluding steroid dienone is 1. The van der Waals surface area contributed by atoms with Crippen LogP contribution in [0.15, 0.2) is 124 Å². The molecule has 1 aliphatic heterocycles. The molecular formula is C36H30N4O6S. The molecule has 1 aliphatic rings. The normalized spacial score (nSPS) is 14.3. The van der Waals surface area contributed by atoms with Gasteiger partial charge in [-0.05, 0) is 85.1 Å². The van der Waals surface area contributed by atoms with Gasteiger partial charge in [-0.2, -0.15) is 0 Å². The number of fused-ring (bicyclic) bond motifs is 1. The van der Waals surface area contributed by atoms with Crippen molar-refractivity contribution in [3.63, 3.8) is 0 Å². The van der Waals surface area contributed by atoms with Crippen LogP contribution in [0.25, 0.3) is 6.08 Å². The Morgan fingerprint density at radius 3 is 2.43 bits per heavy atom. The third-order valence-corrected chi connectivity index (χ3v) is 8.50. The zero-order valence-electron chi connectivity index (χ0n) is 25.6. The molecule has 0 aliphatic carbocycles. The quantitative estimate of drug-likeness (QED) is 0.152. The van der Waals surface area contributed by atoms with Crippen molar-refractivity contribution in [2.75, 3.05) is 11.9 Å². The van der Waals surface area contributed by atoms with Gasteiger partial charge < -0.3 is 14.8 Å². The Kier molecular flexibility index (Phi) is 9.07. The molecule has 0 spiro atoms. The summed E-state index contributed by atoms with van der Waals surface area (Å²) in [7, 11) is 0. The molecular weight excluding hydrogens is 616 g/mol. The van der Waals surface area contributed by atoms with E-state index >= 15 is 0 Å². The maximum absolute atomic E-state index is 14.1. The van der Waals surface area contributed by atoms with Gasteiger partial charge in [-0.25, -0.2) is 4.99 Å². The smallest absolute Gasteiger partial charge is 0.271 e. The van der Waals surface area contributed by atoms with Crippen molar-refractivity contribution in [3.05, 3.63) is 161 Å². The summed E-state index contributed by atoms with van der Waals surface area (Å²) in [6.45, 7) is 4.43. The summed E-state index contributed by atoms with van der Waals surface area (Å²) < 4.78 is 13.6. The molecule has 6 rings (SSSR count). The predicted octanol–water partition coefficient (Wildman–Crippen LogP) is 5.76. The van der Waals surface area contributed by atoms with Gasteiger partial charge in [-0.3, -0.25) is 24.3 Å². The number of nitrogens with one attached hydrogen (secondary N) is 1. The number of rotatable bonds is 10. The lowest BCUT2D eigenvalue weighted by atomic mass is 9.95. The molecule has 0 bridgehead atoms. The number of hydrogen-bond donors (Lipinski definition) is 1. The first kappa shape index (κ1) is 31.2. The van der Waals surface area contributed by atoms with Gasteiger partial charge in [0, 0.05) is 17.8 Å². The van der Waals surface area contributed by atoms with Crippen LogP contribution in [0.2, 0.25) is 0 Å². The van der Waals surface area contributed by atoms with Crippen molar-refractivity contribution in [1.29, 1.82) is 0 Å². The number of non-ortho nitro benzene ring substituents is 1. The number of hydrogen-bond acceptors (Lipinski definition) is 8. The van der Waals surface area contributed by atoms with E-state index in [-0.39, 0.29) is 23.8 Å². The molecule has 236 valence electrons. The minimum absolute atomic E-state index is 0.0149. The van der Waals surface area contributed by atoms with Crippen molar-refractivity contribution in [2.24, 2.45) is 4.99 Å². The maximum Gasteiger partial charge on any atom is 0.271 e. The Bertz CT molecular complexity index is 2150. The molecule has 5 aromatic rings. The molecule has 10 nitrogen and oxygen atoms in total. The van der Waals surface area contributed by atoms with Crippen LogP contribution < -0.4 is 29.7 Å². The monoisotopic (exact) mass is 646 g/mol. The van der Waals surface area contributed by atoms with E-state index in [1.165, 1.54) is 23.5 Å². The van der Waals surface area contributed by atoms with Gasteiger partial charge >= 0.3 is 0 Å². The summed E-state index contributed by atoms with van der Waals surface area (Å²) in [5.41, 5.74) is 3.54. The van der Waals surface area contributed by atoms with Crippen LogP contribution in [0.5, 0.6) is 11.5 Å². The first-order chi connectivity index (χ1) is 22.8. The SMILES string of the molecule is CCOc1ccc([C@H]2C(C(=O)Nc3ccccc3)=C(C)N=c3s/c(=C\c4cccc(OCc5ccc([N+](=O)[O-])cc5)c4)c(=O)n32)cc1. The number of carbonyl (C=O) groups excluding carboxylic acids is 1. The lowest BCUT2D eigenvalue weighted by molar-refractivity contribution is -0.384. The van der Waals surface area contributed by atoms with Gasteiger partial charge in [0.1, 0.15) is 18.1 Å². The van der Waals surface area contributed by atoms with E-state index < -0.39 is 11.0 Å². The van der Waals surface area contributed by atoms with Crippen molar-refractivity contribution in [1.82, 2.24) is 4.57 Å². The number of para-hydroxylation sites is 1. The zero-order chi connectivity index (χ0) is 32.9. The maximum atomic E-state index is 14.1.